The summed E-state index contributed by atoms with van der Waals surface area (Å²) in [6.45, 7) is 5.16. The second-order valence-electron chi connectivity index (χ2n) is 4.35. The van der Waals surface area contributed by atoms with E-state index in [1.54, 1.807) is 6.07 Å². The van der Waals surface area contributed by atoms with Crippen molar-refractivity contribution in [2.24, 2.45) is 0 Å². The number of halogens is 2. The lowest BCUT2D eigenvalue weighted by atomic mass is 10.2. The van der Waals surface area contributed by atoms with Crippen molar-refractivity contribution in [2.45, 2.75) is 26.3 Å². The fraction of sp³-hybridized carbons (Fsp3) is 0.357. The molecule has 0 bridgehead atoms. The molecule has 0 aliphatic carbocycles. The van der Waals surface area contributed by atoms with E-state index in [2.05, 4.69) is 40.1 Å². The Hall–Kier alpha value is -0.780. The number of hydrogen-bond donors (Lipinski definition) is 1. The van der Waals surface area contributed by atoms with Crippen LogP contribution in [0.3, 0.4) is 0 Å². The van der Waals surface area contributed by atoms with Crippen molar-refractivity contribution < 1.29 is 4.39 Å². The van der Waals surface area contributed by atoms with E-state index >= 15 is 0 Å². The van der Waals surface area contributed by atoms with Gasteiger partial charge in [0.25, 0.3) is 0 Å². The topological polar surface area (TPSA) is 24.9 Å². The van der Waals surface area contributed by atoms with E-state index in [1.807, 2.05) is 11.4 Å². The summed E-state index contributed by atoms with van der Waals surface area (Å²) in [6, 6.07) is 5.16. The molecule has 2 aromatic rings. The molecule has 1 aromatic heterocycles. The molecule has 0 amide bonds. The molecular formula is C14H16BrFN2S. The molecule has 0 radical (unpaired) electrons. The van der Waals surface area contributed by atoms with Crippen molar-refractivity contribution in [3.8, 4) is 10.6 Å². The third-order valence-corrected chi connectivity index (χ3v) is 4.38. The summed E-state index contributed by atoms with van der Waals surface area (Å²) in [4.78, 5) is 4.54. The van der Waals surface area contributed by atoms with Gasteiger partial charge in [-0.1, -0.05) is 13.0 Å². The van der Waals surface area contributed by atoms with E-state index in [0.29, 0.717) is 10.6 Å². The monoisotopic (exact) mass is 342 g/mol. The van der Waals surface area contributed by atoms with Gasteiger partial charge in [0.1, 0.15) is 10.8 Å². The fourth-order valence-electron chi connectivity index (χ4n) is 1.77. The minimum atomic E-state index is -0.246. The predicted octanol–water partition coefficient (Wildman–Crippen LogP) is 4.77. The molecule has 2 nitrogen and oxygen atoms in total. The van der Waals surface area contributed by atoms with E-state index in [9.17, 15) is 4.39 Å². The maximum absolute atomic E-state index is 13.9. The summed E-state index contributed by atoms with van der Waals surface area (Å²) in [5.74, 6) is -0.246. The summed E-state index contributed by atoms with van der Waals surface area (Å²) in [5.41, 5.74) is 1.50. The van der Waals surface area contributed by atoms with Gasteiger partial charge in [0.2, 0.25) is 0 Å². The van der Waals surface area contributed by atoms with Crippen LogP contribution in [0.5, 0.6) is 0 Å². The van der Waals surface area contributed by atoms with Gasteiger partial charge in [-0.15, -0.1) is 11.3 Å². The first-order valence-electron chi connectivity index (χ1n) is 6.26. The molecule has 0 saturated heterocycles. The molecule has 2 rings (SSSR count). The van der Waals surface area contributed by atoms with Crippen molar-refractivity contribution in [3.63, 3.8) is 0 Å². The van der Waals surface area contributed by atoms with Crippen LogP contribution in [0, 0.1) is 5.82 Å². The lowest BCUT2D eigenvalue weighted by Gasteiger charge is -2.09. The second kappa shape index (κ2) is 6.59. The second-order valence-corrected chi connectivity index (χ2v) is 6.06. The standard InChI is InChI=1S/C14H16BrFN2S/c1-3-7-17-9(2)12-8-19-14(18-12)13-10(15)5-4-6-11(13)16/h4-6,8-9,17H,3,7H2,1-2H3. The van der Waals surface area contributed by atoms with Crippen molar-refractivity contribution >= 4 is 27.3 Å². The third-order valence-electron chi connectivity index (χ3n) is 2.84. The molecule has 0 fully saturated rings. The molecule has 102 valence electrons. The maximum atomic E-state index is 13.9. The summed E-state index contributed by atoms with van der Waals surface area (Å²) < 4.78 is 14.6. The number of nitrogens with one attached hydrogen (secondary N) is 1. The van der Waals surface area contributed by atoms with Crippen LogP contribution in [0.4, 0.5) is 4.39 Å². The van der Waals surface area contributed by atoms with E-state index in [1.165, 1.54) is 17.4 Å². The maximum Gasteiger partial charge on any atom is 0.134 e. The molecule has 1 atom stereocenters. The Morgan fingerprint density at radius 2 is 2.26 bits per heavy atom. The Morgan fingerprint density at radius 3 is 2.95 bits per heavy atom. The number of hydrogen-bond acceptors (Lipinski definition) is 3. The lowest BCUT2D eigenvalue weighted by molar-refractivity contribution is 0.561. The molecule has 0 saturated carbocycles. The number of benzene rings is 1. The van der Waals surface area contributed by atoms with E-state index in [0.717, 1.165) is 23.1 Å². The Kier molecular flexibility index (Phi) is 5.07. The van der Waals surface area contributed by atoms with Gasteiger partial charge < -0.3 is 5.32 Å². The van der Waals surface area contributed by atoms with E-state index in [-0.39, 0.29) is 11.9 Å². The summed E-state index contributed by atoms with van der Waals surface area (Å²) in [7, 11) is 0. The minimum Gasteiger partial charge on any atom is -0.309 e. The largest absolute Gasteiger partial charge is 0.309 e. The fourth-order valence-corrected chi connectivity index (χ4v) is 3.40. The van der Waals surface area contributed by atoms with Crippen LogP contribution in [0.25, 0.3) is 10.6 Å². The Balaban J connectivity index is 2.26. The summed E-state index contributed by atoms with van der Waals surface area (Å²) in [5, 5.41) is 6.08. The van der Waals surface area contributed by atoms with Gasteiger partial charge >= 0.3 is 0 Å². The molecule has 0 spiro atoms. The quantitative estimate of drug-likeness (QED) is 0.846. The zero-order valence-electron chi connectivity index (χ0n) is 10.9. The van der Waals surface area contributed by atoms with Gasteiger partial charge in [0.05, 0.1) is 11.3 Å². The van der Waals surface area contributed by atoms with Crippen molar-refractivity contribution in [1.82, 2.24) is 10.3 Å². The smallest absolute Gasteiger partial charge is 0.134 e. The number of aromatic nitrogens is 1. The lowest BCUT2D eigenvalue weighted by Crippen LogP contribution is -2.19. The van der Waals surface area contributed by atoms with E-state index < -0.39 is 0 Å². The van der Waals surface area contributed by atoms with Crippen LogP contribution < -0.4 is 5.32 Å². The van der Waals surface area contributed by atoms with Gasteiger partial charge in [0.15, 0.2) is 0 Å². The number of thiazole rings is 1. The van der Waals surface area contributed by atoms with Gasteiger partial charge in [-0.3, -0.25) is 0 Å². The van der Waals surface area contributed by atoms with E-state index in [4.69, 9.17) is 0 Å². The average molecular weight is 343 g/mol. The van der Waals surface area contributed by atoms with Crippen LogP contribution in [0.1, 0.15) is 32.0 Å². The summed E-state index contributed by atoms with van der Waals surface area (Å²) >= 11 is 4.85. The first-order valence-corrected chi connectivity index (χ1v) is 7.94. The molecule has 19 heavy (non-hydrogen) atoms. The SMILES string of the molecule is CCCNC(C)c1csc(-c2c(F)cccc2Br)n1. The molecule has 0 aliphatic heterocycles. The van der Waals surface area contributed by atoms with Gasteiger partial charge in [-0.05, 0) is 48.0 Å². The molecule has 1 unspecified atom stereocenters. The highest BCUT2D eigenvalue weighted by Crippen LogP contribution is 2.33. The number of rotatable bonds is 5. The highest BCUT2D eigenvalue weighted by Gasteiger charge is 2.15. The predicted molar refractivity (Wildman–Crippen MR) is 81.9 cm³/mol. The number of nitrogens with zero attached hydrogens (tertiary/aromatic N) is 1. The molecule has 5 heteroatoms. The van der Waals surface area contributed by atoms with Crippen molar-refractivity contribution in [1.29, 1.82) is 0 Å². The minimum absolute atomic E-state index is 0.190. The summed E-state index contributed by atoms with van der Waals surface area (Å²) in [6.07, 6.45) is 1.08. The van der Waals surface area contributed by atoms with Crippen LogP contribution >= 0.6 is 27.3 Å². The zero-order valence-corrected chi connectivity index (χ0v) is 13.3. The molecule has 1 aromatic carbocycles. The first-order chi connectivity index (χ1) is 9.13. The highest BCUT2D eigenvalue weighted by atomic mass is 79.9. The Bertz CT molecular complexity index is 536. The van der Waals surface area contributed by atoms with Gasteiger partial charge in [-0.2, -0.15) is 0 Å². The normalized spacial score (nSPS) is 12.6. The molecular weight excluding hydrogens is 327 g/mol. The first kappa shape index (κ1) is 14.6. The Labute approximate surface area is 125 Å². The van der Waals surface area contributed by atoms with Crippen molar-refractivity contribution in [2.75, 3.05) is 6.54 Å². The van der Waals surface area contributed by atoms with Crippen LogP contribution in [-0.4, -0.2) is 11.5 Å². The highest BCUT2D eigenvalue weighted by molar-refractivity contribution is 9.10. The zero-order chi connectivity index (χ0) is 13.8. The molecule has 0 aliphatic rings. The van der Waals surface area contributed by atoms with Crippen molar-refractivity contribution in [3.05, 3.63) is 39.6 Å². The Morgan fingerprint density at radius 1 is 1.47 bits per heavy atom. The van der Waals surface area contributed by atoms with Crippen LogP contribution in [0.2, 0.25) is 0 Å². The van der Waals surface area contributed by atoms with Gasteiger partial charge in [0, 0.05) is 15.9 Å². The molecule has 1 heterocycles. The third kappa shape index (κ3) is 3.41. The van der Waals surface area contributed by atoms with Crippen LogP contribution in [0.15, 0.2) is 28.1 Å². The van der Waals surface area contributed by atoms with Crippen LogP contribution in [-0.2, 0) is 0 Å². The molecule has 1 N–H and O–H groups in total. The van der Waals surface area contributed by atoms with Gasteiger partial charge in [-0.25, -0.2) is 9.37 Å². The average Bonchev–Trinajstić information content (AvgIpc) is 2.85.